The summed E-state index contributed by atoms with van der Waals surface area (Å²) in [6.07, 6.45) is 0. The number of likely N-dealkylation sites (N-methyl/N-ethyl adjacent to an activating group) is 1. The van der Waals surface area contributed by atoms with Crippen LogP contribution in [0.3, 0.4) is 0 Å². The highest BCUT2D eigenvalue weighted by molar-refractivity contribution is 5.96. The van der Waals surface area contributed by atoms with Crippen LogP contribution >= 0.6 is 0 Å². The maximum Gasteiger partial charge on any atom is 0.243 e. The number of anilines is 1. The molecule has 3 nitrogen and oxygen atoms in total. The van der Waals surface area contributed by atoms with E-state index < -0.39 is 6.04 Å². The molecule has 0 aliphatic heterocycles. The zero-order valence-electron chi connectivity index (χ0n) is 8.20. The molecule has 0 spiro atoms. The lowest BCUT2D eigenvalue weighted by Crippen LogP contribution is -2.39. The van der Waals surface area contributed by atoms with E-state index in [2.05, 4.69) is 0 Å². The predicted octanol–water partition coefficient (Wildman–Crippen LogP) is 1.14. The van der Waals surface area contributed by atoms with Crippen LogP contribution in [-0.4, -0.2) is 19.0 Å². The molecule has 4 heteroatoms. The van der Waals surface area contributed by atoms with E-state index in [4.69, 9.17) is 5.73 Å². The van der Waals surface area contributed by atoms with Gasteiger partial charge in [0.25, 0.3) is 0 Å². The molecule has 1 aromatic rings. The Labute approximate surface area is 82.3 Å². The minimum Gasteiger partial charge on any atom is -0.320 e. The molecule has 0 radical (unpaired) electrons. The van der Waals surface area contributed by atoms with Crippen molar-refractivity contribution in [3.8, 4) is 0 Å². The van der Waals surface area contributed by atoms with Gasteiger partial charge in [0.15, 0.2) is 0 Å². The summed E-state index contributed by atoms with van der Waals surface area (Å²) < 4.78 is 12.6. The third-order valence-corrected chi connectivity index (χ3v) is 1.93. The van der Waals surface area contributed by atoms with Gasteiger partial charge in [-0.3, -0.25) is 4.79 Å². The van der Waals surface area contributed by atoms with Gasteiger partial charge in [0.05, 0.1) is 6.04 Å². The number of amides is 1. The highest BCUT2D eigenvalue weighted by Crippen LogP contribution is 2.13. The quantitative estimate of drug-likeness (QED) is 0.770. The Balaban J connectivity index is 2.84. The zero-order chi connectivity index (χ0) is 10.7. The van der Waals surface area contributed by atoms with Gasteiger partial charge in [0.1, 0.15) is 5.82 Å². The molecule has 14 heavy (non-hydrogen) atoms. The number of carbonyl (C=O) groups is 1. The average Bonchev–Trinajstić information content (AvgIpc) is 2.16. The van der Waals surface area contributed by atoms with Crippen LogP contribution in [0.15, 0.2) is 24.3 Å². The minimum absolute atomic E-state index is 0.198. The lowest BCUT2D eigenvalue weighted by Gasteiger charge is -2.19. The Hall–Kier alpha value is -1.42. The van der Waals surface area contributed by atoms with Crippen molar-refractivity contribution in [3.05, 3.63) is 30.1 Å². The van der Waals surface area contributed by atoms with E-state index in [1.165, 1.54) is 29.2 Å². The van der Waals surface area contributed by atoms with Gasteiger partial charge in [0.2, 0.25) is 5.91 Å². The normalized spacial score (nSPS) is 12.3. The summed E-state index contributed by atoms with van der Waals surface area (Å²) in [5.74, 6) is -0.521. The second-order valence-electron chi connectivity index (χ2n) is 3.16. The van der Waals surface area contributed by atoms with Gasteiger partial charge in [-0.2, -0.15) is 0 Å². The molecule has 76 valence electrons. The van der Waals surface area contributed by atoms with Gasteiger partial charge < -0.3 is 10.6 Å². The molecule has 0 unspecified atom stereocenters. The van der Waals surface area contributed by atoms with Crippen LogP contribution in [0.1, 0.15) is 6.92 Å². The Morgan fingerprint density at radius 3 is 2.36 bits per heavy atom. The van der Waals surface area contributed by atoms with Gasteiger partial charge in [0, 0.05) is 12.7 Å². The first-order valence-electron chi connectivity index (χ1n) is 4.31. The van der Waals surface area contributed by atoms with Crippen molar-refractivity contribution in [1.29, 1.82) is 0 Å². The van der Waals surface area contributed by atoms with Crippen molar-refractivity contribution in [2.45, 2.75) is 13.0 Å². The maximum absolute atomic E-state index is 12.6. The summed E-state index contributed by atoms with van der Waals surface area (Å²) in [6, 6.07) is 5.14. The summed E-state index contributed by atoms with van der Waals surface area (Å²) in [6.45, 7) is 1.61. The van der Waals surface area contributed by atoms with Crippen molar-refractivity contribution in [3.63, 3.8) is 0 Å². The molecular weight excluding hydrogens is 183 g/mol. The Morgan fingerprint density at radius 2 is 1.93 bits per heavy atom. The summed E-state index contributed by atoms with van der Waals surface area (Å²) in [5.41, 5.74) is 6.07. The second-order valence-corrected chi connectivity index (χ2v) is 3.16. The van der Waals surface area contributed by atoms with E-state index in [1.807, 2.05) is 0 Å². The van der Waals surface area contributed by atoms with Gasteiger partial charge in [-0.15, -0.1) is 0 Å². The van der Waals surface area contributed by atoms with Crippen LogP contribution in [0.5, 0.6) is 0 Å². The first kappa shape index (κ1) is 10.7. The molecule has 0 bridgehead atoms. The third kappa shape index (κ3) is 2.29. The molecule has 0 saturated carbocycles. The van der Waals surface area contributed by atoms with E-state index in [-0.39, 0.29) is 11.7 Å². The first-order chi connectivity index (χ1) is 6.52. The largest absolute Gasteiger partial charge is 0.320 e. The van der Waals surface area contributed by atoms with Crippen molar-refractivity contribution in [2.75, 3.05) is 11.9 Å². The van der Waals surface area contributed by atoms with Crippen LogP contribution in [-0.2, 0) is 4.79 Å². The molecular formula is C10H13FN2O. The van der Waals surface area contributed by atoms with E-state index >= 15 is 0 Å². The van der Waals surface area contributed by atoms with Crippen molar-refractivity contribution in [1.82, 2.24) is 0 Å². The smallest absolute Gasteiger partial charge is 0.243 e. The topological polar surface area (TPSA) is 46.3 Å². The van der Waals surface area contributed by atoms with E-state index in [0.29, 0.717) is 5.69 Å². The fourth-order valence-electron chi connectivity index (χ4n) is 1.10. The predicted molar refractivity (Wildman–Crippen MR) is 53.5 cm³/mol. The number of halogens is 1. The van der Waals surface area contributed by atoms with E-state index in [1.54, 1.807) is 14.0 Å². The molecule has 0 heterocycles. The van der Waals surface area contributed by atoms with E-state index in [9.17, 15) is 9.18 Å². The summed E-state index contributed by atoms with van der Waals surface area (Å²) in [4.78, 5) is 12.8. The van der Waals surface area contributed by atoms with Gasteiger partial charge >= 0.3 is 0 Å². The van der Waals surface area contributed by atoms with Crippen LogP contribution in [0.2, 0.25) is 0 Å². The van der Waals surface area contributed by atoms with E-state index in [0.717, 1.165) is 0 Å². The minimum atomic E-state index is -0.551. The number of benzene rings is 1. The SMILES string of the molecule is C[C@@H](N)C(=O)N(C)c1ccc(F)cc1. The standard InChI is InChI=1S/C10H13FN2O/c1-7(12)10(14)13(2)9-5-3-8(11)4-6-9/h3-7H,12H2,1-2H3/t7-/m1/s1. The second kappa shape index (κ2) is 4.19. The molecule has 0 aliphatic carbocycles. The first-order valence-corrected chi connectivity index (χ1v) is 4.31. The summed E-state index contributed by atoms with van der Waals surface area (Å²) >= 11 is 0. The van der Waals surface area contributed by atoms with Gasteiger partial charge in [-0.1, -0.05) is 0 Å². The zero-order valence-corrected chi connectivity index (χ0v) is 8.20. The number of carbonyl (C=O) groups excluding carboxylic acids is 1. The monoisotopic (exact) mass is 196 g/mol. The van der Waals surface area contributed by atoms with Crippen LogP contribution in [0.25, 0.3) is 0 Å². The van der Waals surface area contributed by atoms with Crippen LogP contribution < -0.4 is 10.6 Å². The summed E-state index contributed by atoms with van der Waals surface area (Å²) in [7, 11) is 1.61. The molecule has 0 aromatic heterocycles. The van der Waals surface area contributed by atoms with Crippen molar-refractivity contribution < 1.29 is 9.18 Å². The molecule has 1 amide bonds. The lowest BCUT2D eigenvalue weighted by atomic mass is 10.2. The highest BCUT2D eigenvalue weighted by atomic mass is 19.1. The number of hydrogen-bond acceptors (Lipinski definition) is 2. The fourth-order valence-corrected chi connectivity index (χ4v) is 1.10. The highest BCUT2D eigenvalue weighted by Gasteiger charge is 2.14. The van der Waals surface area contributed by atoms with Gasteiger partial charge in [-0.05, 0) is 31.2 Å². The van der Waals surface area contributed by atoms with Gasteiger partial charge in [-0.25, -0.2) is 4.39 Å². The number of nitrogens with zero attached hydrogens (tertiary/aromatic N) is 1. The molecule has 0 aliphatic rings. The number of nitrogens with two attached hydrogens (primary N) is 1. The van der Waals surface area contributed by atoms with Crippen LogP contribution in [0, 0.1) is 5.82 Å². The molecule has 1 rings (SSSR count). The number of rotatable bonds is 2. The molecule has 0 saturated heterocycles. The molecule has 1 atom stereocenters. The third-order valence-electron chi connectivity index (χ3n) is 1.93. The van der Waals surface area contributed by atoms with Crippen molar-refractivity contribution in [2.24, 2.45) is 5.73 Å². The lowest BCUT2D eigenvalue weighted by molar-refractivity contribution is -0.119. The Kier molecular flexibility index (Phi) is 3.19. The molecule has 1 aromatic carbocycles. The van der Waals surface area contributed by atoms with Crippen molar-refractivity contribution >= 4 is 11.6 Å². The fraction of sp³-hybridized carbons (Fsp3) is 0.300. The average molecular weight is 196 g/mol. The molecule has 0 fully saturated rings. The van der Waals surface area contributed by atoms with Crippen LogP contribution in [0.4, 0.5) is 10.1 Å². The number of hydrogen-bond donors (Lipinski definition) is 1. The summed E-state index contributed by atoms with van der Waals surface area (Å²) in [5, 5.41) is 0. The maximum atomic E-state index is 12.6. The molecule has 2 N–H and O–H groups in total. The Bertz CT molecular complexity index is 321. The Morgan fingerprint density at radius 1 is 1.43 bits per heavy atom.